The molecule has 1 aliphatic heterocycles. The van der Waals surface area contributed by atoms with E-state index in [-0.39, 0.29) is 28.8 Å². The van der Waals surface area contributed by atoms with Crippen molar-refractivity contribution in [3.05, 3.63) is 56.6 Å². The number of aromatic amines is 1. The molecule has 1 unspecified atom stereocenters. The van der Waals surface area contributed by atoms with Crippen LogP contribution in [0.15, 0.2) is 35.1 Å². The van der Waals surface area contributed by atoms with Gasteiger partial charge in [0.25, 0.3) is 5.56 Å². The molecule has 0 bridgehead atoms. The zero-order valence-electron chi connectivity index (χ0n) is 15.5. The standard InChI is InChI=1S/C20H18F3N3O2S/c1-11-4-6-12(7-5-11)15-9-14(20(21,22)23)16-17(24-15)26(19(29)25-18(16)27)10-13-3-2-8-28-13/h4-7,9,13H,2-3,8,10H2,1H3,(H,25,27,29). The number of pyridine rings is 1. The molecule has 3 heterocycles. The summed E-state index contributed by atoms with van der Waals surface area (Å²) in [5.41, 5.74) is -0.383. The lowest BCUT2D eigenvalue weighted by atomic mass is 10.0. The van der Waals surface area contributed by atoms with Crippen LogP contribution < -0.4 is 5.56 Å². The quantitative estimate of drug-likeness (QED) is 0.627. The van der Waals surface area contributed by atoms with Gasteiger partial charge in [-0.15, -0.1) is 0 Å². The Balaban J connectivity index is 2.02. The predicted molar refractivity (Wildman–Crippen MR) is 105 cm³/mol. The van der Waals surface area contributed by atoms with Gasteiger partial charge in [-0.1, -0.05) is 29.8 Å². The molecule has 0 radical (unpaired) electrons. The molecule has 1 fully saturated rings. The van der Waals surface area contributed by atoms with Crippen LogP contribution in [-0.2, 0) is 17.5 Å². The number of hydrogen-bond acceptors (Lipinski definition) is 4. The summed E-state index contributed by atoms with van der Waals surface area (Å²) < 4.78 is 48.6. The molecular weight excluding hydrogens is 403 g/mol. The third kappa shape index (κ3) is 3.84. The molecule has 1 aromatic carbocycles. The summed E-state index contributed by atoms with van der Waals surface area (Å²) in [6, 6.07) is 7.92. The first kappa shape index (κ1) is 19.8. The van der Waals surface area contributed by atoms with E-state index in [2.05, 4.69) is 9.97 Å². The molecule has 2 aromatic heterocycles. The molecule has 1 aliphatic rings. The Hall–Kier alpha value is -2.52. The highest BCUT2D eigenvalue weighted by Gasteiger charge is 2.35. The average molecular weight is 421 g/mol. The summed E-state index contributed by atoms with van der Waals surface area (Å²) in [7, 11) is 0. The number of rotatable bonds is 3. The number of halogens is 3. The van der Waals surface area contributed by atoms with Gasteiger partial charge in [0.2, 0.25) is 0 Å². The fourth-order valence-electron chi connectivity index (χ4n) is 3.53. The lowest BCUT2D eigenvalue weighted by molar-refractivity contribution is -0.136. The summed E-state index contributed by atoms with van der Waals surface area (Å²) in [6.45, 7) is 2.71. The Morgan fingerprint density at radius 1 is 1.31 bits per heavy atom. The van der Waals surface area contributed by atoms with Gasteiger partial charge < -0.3 is 4.74 Å². The summed E-state index contributed by atoms with van der Waals surface area (Å²) in [4.78, 5) is 19.2. The van der Waals surface area contributed by atoms with Crippen LogP contribution in [0.2, 0.25) is 0 Å². The number of alkyl halides is 3. The topological polar surface area (TPSA) is 59.9 Å². The molecule has 1 saturated heterocycles. The van der Waals surface area contributed by atoms with E-state index in [0.717, 1.165) is 24.5 Å². The first-order valence-corrected chi connectivity index (χ1v) is 9.58. The van der Waals surface area contributed by atoms with Gasteiger partial charge in [-0.05, 0) is 38.0 Å². The second-order valence-corrected chi connectivity index (χ2v) is 7.51. The van der Waals surface area contributed by atoms with Crippen molar-refractivity contribution >= 4 is 23.3 Å². The minimum Gasteiger partial charge on any atom is -0.376 e. The van der Waals surface area contributed by atoms with Gasteiger partial charge >= 0.3 is 6.18 Å². The Labute approximate surface area is 169 Å². The zero-order chi connectivity index (χ0) is 20.8. The smallest absolute Gasteiger partial charge is 0.376 e. The molecule has 9 heteroatoms. The highest BCUT2D eigenvalue weighted by Crippen LogP contribution is 2.35. The van der Waals surface area contributed by atoms with Gasteiger partial charge in [0.05, 0.1) is 29.3 Å². The largest absolute Gasteiger partial charge is 0.417 e. The van der Waals surface area contributed by atoms with Crippen molar-refractivity contribution in [3.63, 3.8) is 0 Å². The molecule has 0 amide bonds. The predicted octanol–water partition coefficient (Wildman–Crippen LogP) is 4.63. The van der Waals surface area contributed by atoms with Crippen LogP contribution in [0, 0.1) is 11.7 Å². The number of ether oxygens (including phenoxy) is 1. The number of aryl methyl sites for hydroxylation is 1. The third-order valence-electron chi connectivity index (χ3n) is 5.01. The molecular formula is C20H18F3N3O2S. The fraction of sp³-hybridized carbons (Fsp3) is 0.350. The first-order chi connectivity index (χ1) is 13.7. The lowest BCUT2D eigenvalue weighted by Gasteiger charge is -2.18. The molecule has 0 aliphatic carbocycles. The van der Waals surface area contributed by atoms with Crippen LogP contribution in [0.3, 0.4) is 0 Å². The Kier molecular flexibility index (Phi) is 5.04. The van der Waals surface area contributed by atoms with E-state index in [4.69, 9.17) is 17.0 Å². The van der Waals surface area contributed by atoms with Crippen LogP contribution in [0.5, 0.6) is 0 Å². The number of aromatic nitrogens is 3. The molecule has 1 N–H and O–H groups in total. The summed E-state index contributed by atoms with van der Waals surface area (Å²) in [5.74, 6) is 0. The van der Waals surface area contributed by atoms with E-state index in [1.807, 2.05) is 6.92 Å². The first-order valence-electron chi connectivity index (χ1n) is 9.18. The minimum absolute atomic E-state index is 0.0275. The molecule has 5 nitrogen and oxygen atoms in total. The van der Waals surface area contributed by atoms with Crippen molar-refractivity contribution in [1.82, 2.24) is 14.5 Å². The zero-order valence-corrected chi connectivity index (χ0v) is 16.4. The molecule has 4 rings (SSSR count). The maximum atomic E-state index is 13.9. The maximum Gasteiger partial charge on any atom is 0.417 e. The van der Waals surface area contributed by atoms with Crippen molar-refractivity contribution < 1.29 is 17.9 Å². The second-order valence-electron chi connectivity index (χ2n) is 7.12. The highest BCUT2D eigenvalue weighted by molar-refractivity contribution is 7.71. The van der Waals surface area contributed by atoms with Crippen LogP contribution in [0.25, 0.3) is 22.3 Å². The molecule has 152 valence electrons. The van der Waals surface area contributed by atoms with E-state index in [1.54, 1.807) is 24.3 Å². The highest BCUT2D eigenvalue weighted by atomic mass is 32.1. The number of nitrogens with zero attached hydrogens (tertiary/aromatic N) is 2. The second kappa shape index (κ2) is 7.38. The molecule has 0 spiro atoms. The van der Waals surface area contributed by atoms with Gasteiger partial charge in [0.15, 0.2) is 4.77 Å². The average Bonchev–Trinajstić information content (AvgIpc) is 3.17. The molecule has 0 saturated carbocycles. The SMILES string of the molecule is Cc1ccc(-c2cc(C(F)(F)F)c3c(=O)[nH]c(=S)n(CC4CCCO4)c3n2)cc1. The van der Waals surface area contributed by atoms with Gasteiger partial charge in [-0.3, -0.25) is 14.3 Å². The van der Waals surface area contributed by atoms with Crippen LogP contribution in [0.1, 0.15) is 24.0 Å². The number of hydrogen-bond donors (Lipinski definition) is 1. The Morgan fingerprint density at radius 2 is 2.03 bits per heavy atom. The number of benzene rings is 1. The van der Waals surface area contributed by atoms with Crippen molar-refractivity contribution in [3.8, 4) is 11.3 Å². The van der Waals surface area contributed by atoms with Gasteiger partial charge in [-0.25, -0.2) is 4.98 Å². The maximum absolute atomic E-state index is 13.9. The van der Waals surface area contributed by atoms with E-state index in [0.29, 0.717) is 12.2 Å². The Morgan fingerprint density at radius 3 is 2.66 bits per heavy atom. The molecule has 1 atom stereocenters. The monoisotopic (exact) mass is 421 g/mol. The van der Waals surface area contributed by atoms with E-state index in [1.165, 1.54) is 4.57 Å². The van der Waals surface area contributed by atoms with Crippen LogP contribution in [-0.4, -0.2) is 27.2 Å². The van der Waals surface area contributed by atoms with Crippen molar-refractivity contribution in [1.29, 1.82) is 0 Å². The van der Waals surface area contributed by atoms with E-state index >= 15 is 0 Å². The lowest BCUT2D eigenvalue weighted by Crippen LogP contribution is -2.24. The van der Waals surface area contributed by atoms with Crippen molar-refractivity contribution in [2.24, 2.45) is 0 Å². The summed E-state index contributed by atoms with van der Waals surface area (Å²) >= 11 is 5.25. The van der Waals surface area contributed by atoms with Crippen LogP contribution in [0.4, 0.5) is 13.2 Å². The normalized spacial score (nSPS) is 17.2. The van der Waals surface area contributed by atoms with Crippen molar-refractivity contribution in [2.75, 3.05) is 6.61 Å². The molecule has 29 heavy (non-hydrogen) atoms. The van der Waals surface area contributed by atoms with Crippen LogP contribution >= 0.6 is 12.2 Å². The minimum atomic E-state index is -4.72. The van der Waals surface area contributed by atoms with Crippen molar-refractivity contribution in [2.45, 2.75) is 38.6 Å². The Bertz CT molecular complexity index is 1180. The third-order valence-corrected chi connectivity index (χ3v) is 5.33. The van der Waals surface area contributed by atoms with Gasteiger partial charge in [-0.2, -0.15) is 13.2 Å². The van der Waals surface area contributed by atoms with Gasteiger partial charge in [0.1, 0.15) is 5.65 Å². The summed E-state index contributed by atoms with van der Waals surface area (Å²) in [6.07, 6.45) is -3.27. The number of fused-ring (bicyclic) bond motifs is 1. The number of nitrogens with one attached hydrogen (secondary N) is 1. The molecule has 3 aromatic rings. The fourth-order valence-corrected chi connectivity index (χ4v) is 3.78. The van der Waals surface area contributed by atoms with E-state index < -0.39 is 22.7 Å². The number of H-pyrrole nitrogens is 1. The van der Waals surface area contributed by atoms with E-state index in [9.17, 15) is 18.0 Å². The van der Waals surface area contributed by atoms with Gasteiger partial charge in [0, 0.05) is 12.2 Å². The summed E-state index contributed by atoms with van der Waals surface area (Å²) in [5, 5.41) is -0.514.